The van der Waals surface area contributed by atoms with Gasteiger partial charge in [0.15, 0.2) is 11.5 Å². The molecule has 2 aromatic rings. The molecule has 0 aliphatic heterocycles. The normalized spacial score (nSPS) is 12.0. The maximum atomic E-state index is 5.95. The van der Waals surface area contributed by atoms with Crippen LogP contribution in [0.5, 0.6) is 11.5 Å². The first-order chi connectivity index (χ1) is 11.5. The summed E-state index contributed by atoms with van der Waals surface area (Å²) in [6, 6.07) is 12.2. The molecule has 24 heavy (non-hydrogen) atoms. The first kappa shape index (κ1) is 19.1. The van der Waals surface area contributed by atoms with Crippen molar-refractivity contribution in [3.63, 3.8) is 0 Å². The van der Waals surface area contributed by atoms with Crippen LogP contribution in [0.3, 0.4) is 0 Å². The van der Waals surface area contributed by atoms with Crippen molar-refractivity contribution in [1.29, 1.82) is 0 Å². The molecule has 0 spiro atoms. The summed E-state index contributed by atoms with van der Waals surface area (Å²) in [5.74, 6) is 1.43. The Bertz CT molecular complexity index is 661. The van der Waals surface area contributed by atoms with Gasteiger partial charge in [-0.15, -0.1) is 0 Å². The zero-order chi connectivity index (χ0) is 17.5. The van der Waals surface area contributed by atoms with E-state index in [1.54, 1.807) is 7.11 Å². The minimum atomic E-state index is 0.455. The summed E-state index contributed by atoms with van der Waals surface area (Å²) < 4.78 is 12.3. The number of benzene rings is 2. The third-order valence-corrected chi connectivity index (χ3v) is 4.69. The quantitative estimate of drug-likeness (QED) is 0.614. The van der Waals surface area contributed by atoms with Crippen molar-refractivity contribution >= 4 is 27.5 Å². The summed E-state index contributed by atoms with van der Waals surface area (Å²) in [6.07, 6.45) is 1.10. The molecule has 1 unspecified atom stereocenters. The zero-order valence-corrected chi connectivity index (χ0v) is 16.6. The molecule has 1 atom stereocenters. The number of hydrogen-bond donors (Lipinski definition) is 1. The van der Waals surface area contributed by atoms with Crippen LogP contribution in [0.4, 0.5) is 0 Å². The molecule has 0 radical (unpaired) electrons. The van der Waals surface area contributed by atoms with Crippen molar-refractivity contribution in [2.24, 2.45) is 0 Å². The van der Waals surface area contributed by atoms with E-state index in [4.69, 9.17) is 21.1 Å². The van der Waals surface area contributed by atoms with Gasteiger partial charge in [0.1, 0.15) is 6.61 Å². The second kappa shape index (κ2) is 9.30. The summed E-state index contributed by atoms with van der Waals surface area (Å²) in [7, 11) is 1.66. The molecule has 0 fully saturated rings. The van der Waals surface area contributed by atoms with Crippen LogP contribution in [-0.4, -0.2) is 13.2 Å². The van der Waals surface area contributed by atoms with E-state index < -0.39 is 0 Å². The third-order valence-electron chi connectivity index (χ3n) is 3.85. The smallest absolute Gasteiger partial charge is 0.175 e. The molecule has 0 saturated carbocycles. The van der Waals surface area contributed by atoms with Gasteiger partial charge in [-0.1, -0.05) is 30.7 Å². The zero-order valence-electron chi connectivity index (χ0n) is 14.2. The van der Waals surface area contributed by atoms with Gasteiger partial charge >= 0.3 is 0 Å². The third kappa shape index (κ3) is 5.40. The lowest BCUT2D eigenvalue weighted by molar-refractivity contribution is 0.282. The molecule has 0 aliphatic rings. The summed E-state index contributed by atoms with van der Waals surface area (Å²) in [6.45, 7) is 5.59. The Morgan fingerprint density at radius 2 is 1.88 bits per heavy atom. The topological polar surface area (TPSA) is 30.5 Å². The molecule has 2 aromatic carbocycles. The van der Waals surface area contributed by atoms with Crippen LogP contribution in [0.15, 0.2) is 40.9 Å². The van der Waals surface area contributed by atoms with Gasteiger partial charge < -0.3 is 14.8 Å². The molecule has 0 heterocycles. The standard InChI is InChI=1S/C19H23BrClNO2/c1-4-13(2)22-11-15-9-17(20)19(18(10-15)23-3)24-12-14-5-7-16(21)8-6-14/h5-10,13,22H,4,11-12H2,1-3H3. The Morgan fingerprint density at radius 1 is 1.17 bits per heavy atom. The highest BCUT2D eigenvalue weighted by atomic mass is 79.9. The number of halogens is 2. The van der Waals surface area contributed by atoms with Crippen molar-refractivity contribution in [2.45, 2.75) is 39.5 Å². The molecule has 0 aromatic heterocycles. The molecule has 0 bridgehead atoms. The van der Waals surface area contributed by atoms with E-state index in [9.17, 15) is 0 Å². The predicted molar refractivity (Wildman–Crippen MR) is 103 cm³/mol. The Kier molecular flexibility index (Phi) is 7.40. The monoisotopic (exact) mass is 411 g/mol. The summed E-state index contributed by atoms with van der Waals surface area (Å²) in [5, 5.41) is 4.20. The highest BCUT2D eigenvalue weighted by Crippen LogP contribution is 2.37. The maximum absolute atomic E-state index is 5.95. The van der Waals surface area contributed by atoms with Crippen LogP contribution in [0, 0.1) is 0 Å². The van der Waals surface area contributed by atoms with Crippen LogP contribution in [-0.2, 0) is 13.2 Å². The summed E-state index contributed by atoms with van der Waals surface area (Å²) in [4.78, 5) is 0. The molecule has 1 N–H and O–H groups in total. The molecule has 0 amide bonds. The number of nitrogens with one attached hydrogen (secondary N) is 1. The lowest BCUT2D eigenvalue weighted by atomic mass is 10.1. The van der Waals surface area contributed by atoms with Crippen LogP contribution in [0.2, 0.25) is 5.02 Å². The van der Waals surface area contributed by atoms with E-state index in [2.05, 4.69) is 41.2 Å². The van der Waals surface area contributed by atoms with Gasteiger partial charge in [-0.3, -0.25) is 0 Å². The van der Waals surface area contributed by atoms with Gasteiger partial charge in [-0.05, 0) is 64.7 Å². The lowest BCUT2D eigenvalue weighted by Gasteiger charge is -2.16. The number of hydrogen-bond acceptors (Lipinski definition) is 3. The minimum Gasteiger partial charge on any atom is -0.493 e. The van der Waals surface area contributed by atoms with E-state index in [0.717, 1.165) is 39.3 Å². The van der Waals surface area contributed by atoms with Crippen LogP contribution in [0.1, 0.15) is 31.4 Å². The highest BCUT2D eigenvalue weighted by Gasteiger charge is 2.12. The summed E-state index contributed by atoms with van der Waals surface area (Å²) >= 11 is 9.50. The first-order valence-electron chi connectivity index (χ1n) is 8.00. The van der Waals surface area contributed by atoms with Crippen molar-refractivity contribution in [3.8, 4) is 11.5 Å². The van der Waals surface area contributed by atoms with E-state index in [-0.39, 0.29) is 0 Å². The van der Waals surface area contributed by atoms with Crippen LogP contribution >= 0.6 is 27.5 Å². The molecule has 2 rings (SSSR count). The Morgan fingerprint density at radius 3 is 2.50 bits per heavy atom. The average Bonchev–Trinajstić information content (AvgIpc) is 2.59. The largest absolute Gasteiger partial charge is 0.493 e. The van der Waals surface area contributed by atoms with E-state index in [1.807, 2.05) is 30.3 Å². The maximum Gasteiger partial charge on any atom is 0.175 e. The highest BCUT2D eigenvalue weighted by molar-refractivity contribution is 9.10. The average molecular weight is 413 g/mol. The van der Waals surface area contributed by atoms with Gasteiger partial charge in [0.05, 0.1) is 11.6 Å². The van der Waals surface area contributed by atoms with Gasteiger partial charge in [-0.2, -0.15) is 0 Å². The second-order valence-corrected chi connectivity index (χ2v) is 7.01. The fourth-order valence-corrected chi connectivity index (χ4v) is 2.92. The fourth-order valence-electron chi connectivity index (χ4n) is 2.19. The summed E-state index contributed by atoms with van der Waals surface area (Å²) in [5.41, 5.74) is 2.20. The molecule has 3 nitrogen and oxygen atoms in total. The van der Waals surface area contributed by atoms with Crippen molar-refractivity contribution < 1.29 is 9.47 Å². The Hall–Kier alpha value is -1.23. The molecular weight excluding hydrogens is 390 g/mol. The van der Waals surface area contributed by atoms with Crippen LogP contribution < -0.4 is 14.8 Å². The van der Waals surface area contributed by atoms with Gasteiger partial charge in [0.25, 0.3) is 0 Å². The molecule has 0 aliphatic carbocycles. The molecule has 130 valence electrons. The Balaban J connectivity index is 2.10. The second-order valence-electron chi connectivity index (χ2n) is 5.71. The number of methoxy groups -OCH3 is 1. The lowest BCUT2D eigenvalue weighted by Crippen LogP contribution is -2.24. The van der Waals surface area contributed by atoms with Crippen molar-refractivity contribution in [3.05, 3.63) is 57.0 Å². The van der Waals surface area contributed by atoms with Gasteiger partial charge in [-0.25, -0.2) is 0 Å². The predicted octanol–water partition coefficient (Wildman–Crippen LogP) is 5.58. The van der Waals surface area contributed by atoms with Crippen LogP contribution in [0.25, 0.3) is 0 Å². The number of ether oxygens (including phenoxy) is 2. The van der Waals surface area contributed by atoms with Gasteiger partial charge in [0.2, 0.25) is 0 Å². The van der Waals surface area contributed by atoms with E-state index in [1.165, 1.54) is 0 Å². The fraction of sp³-hybridized carbons (Fsp3) is 0.368. The van der Waals surface area contributed by atoms with Crippen molar-refractivity contribution in [2.75, 3.05) is 7.11 Å². The van der Waals surface area contributed by atoms with Crippen molar-refractivity contribution in [1.82, 2.24) is 5.32 Å². The molecule has 0 saturated heterocycles. The molecular formula is C19H23BrClNO2. The SMILES string of the molecule is CCC(C)NCc1cc(Br)c(OCc2ccc(Cl)cc2)c(OC)c1. The van der Waals surface area contributed by atoms with Gasteiger partial charge in [0, 0.05) is 17.6 Å². The number of rotatable bonds is 8. The van der Waals surface area contributed by atoms with E-state index in [0.29, 0.717) is 18.4 Å². The van der Waals surface area contributed by atoms with E-state index >= 15 is 0 Å². The Labute approximate surface area is 157 Å². The minimum absolute atomic E-state index is 0.455. The first-order valence-corrected chi connectivity index (χ1v) is 9.17. The molecule has 5 heteroatoms.